The first-order chi connectivity index (χ1) is 10.0. The Kier molecular flexibility index (Phi) is 4.18. The Morgan fingerprint density at radius 2 is 1.81 bits per heavy atom. The fourth-order valence-corrected chi connectivity index (χ4v) is 1.87. The first-order valence-electron chi connectivity index (χ1n) is 6.28. The molecular weight excluding hydrogens is 274 g/mol. The highest BCUT2D eigenvalue weighted by Gasteiger charge is 2.13. The molecule has 0 aliphatic heterocycles. The van der Waals surface area contributed by atoms with Crippen molar-refractivity contribution in [3.8, 4) is 16.9 Å². The molecule has 0 aliphatic rings. The van der Waals surface area contributed by atoms with E-state index in [-0.39, 0.29) is 23.6 Å². The third-order valence-electron chi connectivity index (χ3n) is 2.90. The zero-order valence-corrected chi connectivity index (χ0v) is 11.3. The Morgan fingerprint density at radius 3 is 2.33 bits per heavy atom. The molecule has 0 unspecified atom stereocenters. The summed E-state index contributed by atoms with van der Waals surface area (Å²) in [6.45, 7) is 1.91. The zero-order valence-electron chi connectivity index (χ0n) is 11.3. The van der Waals surface area contributed by atoms with Gasteiger partial charge in [0.15, 0.2) is 0 Å². The Morgan fingerprint density at radius 1 is 1.19 bits per heavy atom. The van der Waals surface area contributed by atoms with Gasteiger partial charge in [-0.1, -0.05) is 6.07 Å². The van der Waals surface area contributed by atoms with Gasteiger partial charge < -0.3 is 9.84 Å². The number of non-ortho nitro benzene ring substituents is 1. The second-order valence-electron chi connectivity index (χ2n) is 4.26. The van der Waals surface area contributed by atoms with Gasteiger partial charge >= 0.3 is 5.97 Å². The van der Waals surface area contributed by atoms with Gasteiger partial charge in [-0.15, -0.1) is 0 Å². The van der Waals surface area contributed by atoms with Crippen molar-refractivity contribution in [1.29, 1.82) is 0 Å². The normalized spacial score (nSPS) is 10.1. The summed E-state index contributed by atoms with van der Waals surface area (Å²) in [7, 11) is 0. The van der Waals surface area contributed by atoms with Crippen LogP contribution in [0.3, 0.4) is 0 Å². The van der Waals surface area contributed by atoms with E-state index < -0.39 is 10.9 Å². The first kappa shape index (κ1) is 14.5. The molecule has 108 valence electrons. The molecule has 0 fully saturated rings. The van der Waals surface area contributed by atoms with Gasteiger partial charge in [0.2, 0.25) is 0 Å². The zero-order chi connectivity index (χ0) is 15.4. The number of aromatic hydroxyl groups is 1. The van der Waals surface area contributed by atoms with E-state index in [0.717, 1.165) is 0 Å². The minimum atomic E-state index is -0.592. The van der Waals surface area contributed by atoms with Crippen molar-refractivity contribution in [1.82, 2.24) is 0 Å². The molecule has 0 aromatic heterocycles. The van der Waals surface area contributed by atoms with E-state index >= 15 is 0 Å². The van der Waals surface area contributed by atoms with Crippen LogP contribution in [0.2, 0.25) is 0 Å². The molecule has 0 saturated carbocycles. The van der Waals surface area contributed by atoms with E-state index in [9.17, 15) is 20.0 Å². The topological polar surface area (TPSA) is 89.7 Å². The number of nitro groups is 1. The highest BCUT2D eigenvalue weighted by molar-refractivity contribution is 5.93. The molecule has 0 amide bonds. The van der Waals surface area contributed by atoms with E-state index in [1.807, 2.05) is 0 Å². The minimum Gasteiger partial charge on any atom is -0.507 e. The molecule has 2 aromatic carbocycles. The number of benzene rings is 2. The van der Waals surface area contributed by atoms with Crippen LogP contribution >= 0.6 is 0 Å². The lowest BCUT2D eigenvalue weighted by atomic mass is 10.0. The van der Waals surface area contributed by atoms with Gasteiger partial charge in [-0.25, -0.2) is 4.79 Å². The van der Waals surface area contributed by atoms with Gasteiger partial charge in [0.1, 0.15) is 11.3 Å². The molecular formula is C15H13NO5. The maximum absolute atomic E-state index is 11.6. The average Bonchev–Trinajstić information content (AvgIpc) is 2.47. The summed E-state index contributed by atoms with van der Waals surface area (Å²) in [6.07, 6.45) is 0. The number of hydrogen-bond donors (Lipinski definition) is 1. The highest BCUT2D eigenvalue weighted by atomic mass is 16.6. The first-order valence-corrected chi connectivity index (χ1v) is 6.28. The third kappa shape index (κ3) is 3.17. The number of nitrogens with zero attached hydrogens (tertiary/aromatic N) is 1. The molecule has 0 aliphatic carbocycles. The van der Waals surface area contributed by atoms with Crippen LogP contribution in [0.1, 0.15) is 17.3 Å². The van der Waals surface area contributed by atoms with E-state index in [4.69, 9.17) is 4.74 Å². The second kappa shape index (κ2) is 6.04. The third-order valence-corrected chi connectivity index (χ3v) is 2.90. The molecule has 0 spiro atoms. The summed E-state index contributed by atoms with van der Waals surface area (Å²) < 4.78 is 4.82. The Labute approximate surface area is 120 Å². The predicted molar refractivity (Wildman–Crippen MR) is 76.2 cm³/mol. The number of nitro benzene ring substituents is 1. The summed E-state index contributed by atoms with van der Waals surface area (Å²) in [5.41, 5.74) is 1.43. The Hall–Kier alpha value is -2.89. The summed E-state index contributed by atoms with van der Waals surface area (Å²) in [5.74, 6) is -0.783. The highest BCUT2D eigenvalue weighted by Crippen LogP contribution is 2.28. The van der Waals surface area contributed by atoms with Crippen molar-refractivity contribution < 1.29 is 19.6 Å². The number of rotatable bonds is 4. The molecule has 1 N–H and O–H groups in total. The molecule has 0 saturated heterocycles. The molecule has 0 atom stereocenters. The van der Waals surface area contributed by atoms with Gasteiger partial charge in [0, 0.05) is 12.1 Å². The fraction of sp³-hybridized carbons (Fsp3) is 0.133. The van der Waals surface area contributed by atoms with E-state index in [0.29, 0.717) is 11.1 Å². The lowest BCUT2D eigenvalue weighted by molar-refractivity contribution is -0.384. The van der Waals surface area contributed by atoms with Crippen LogP contribution in [0.5, 0.6) is 5.75 Å². The molecule has 0 radical (unpaired) electrons. The van der Waals surface area contributed by atoms with Crippen molar-refractivity contribution in [2.24, 2.45) is 0 Å². The van der Waals surface area contributed by atoms with Crippen molar-refractivity contribution in [3.63, 3.8) is 0 Å². The molecule has 0 bridgehead atoms. The maximum atomic E-state index is 11.6. The number of phenolic OH excluding ortho intramolecular Hbond substituents is 1. The van der Waals surface area contributed by atoms with E-state index in [2.05, 4.69) is 0 Å². The van der Waals surface area contributed by atoms with Crippen LogP contribution in [0.25, 0.3) is 11.1 Å². The fourth-order valence-electron chi connectivity index (χ4n) is 1.87. The van der Waals surface area contributed by atoms with Gasteiger partial charge in [0.25, 0.3) is 5.69 Å². The summed E-state index contributed by atoms with van der Waals surface area (Å²) in [5, 5.41) is 20.5. The summed E-state index contributed by atoms with van der Waals surface area (Å²) >= 11 is 0. The predicted octanol–water partition coefficient (Wildman–Crippen LogP) is 3.14. The maximum Gasteiger partial charge on any atom is 0.341 e. The van der Waals surface area contributed by atoms with Gasteiger partial charge in [-0.3, -0.25) is 10.1 Å². The van der Waals surface area contributed by atoms with Gasteiger partial charge in [-0.2, -0.15) is 0 Å². The van der Waals surface area contributed by atoms with Crippen molar-refractivity contribution >= 4 is 11.7 Å². The van der Waals surface area contributed by atoms with Crippen molar-refractivity contribution in [2.45, 2.75) is 6.92 Å². The van der Waals surface area contributed by atoms with Crippen LogP contribution in [-0.2, 0) is 4.74 Å². The van der Waals surface area contributed by atoms with Crippen LogP contribution in [-0.4, -0.2) is 22.6 Å². The lowest BCUT2D eigenvalue weighted by Crippen LogP contribution is -2.04. The standard InChI is InChI=1S/C15H13NO5/c1-2-21-15(18)13-8-5-11(9-14(13)17)10-3-6-12(7-4-10)16(19)20/h3-9,17H,2H2,1H3. The number of hydrogen-bond acceptors (Lipinski definition) is 5. The second-order valence-corrected chi connectivity index (χ2v) is 4.26. The van der Waals surface area contributed by atoms with E-state index in [1.54, 1.807) is 25.1 Å². The number of ether oxygens (including phenoxy) is 1. The van der Waals surface area contributed by atoms with Crippen LogP contribution in [0.15, 0.2) is 42.5 Å². The molecule has 2 aromatic rings. The summed E-state index contributed by atoms with van der Waals surface area (Å²) in [4.78, 5) is 21.7. The number of esters is 1. The van der Waals surface area contributed by atoms with Gasteiger partial charge in [-0.05, 0) is 42.3 Å². The molecule has 0 heterocycles. The quantitative estimate of drug-likeness (QED) is 0.530. The Bertz CT molecular complexity index is 679. The number of carbonyl (C=O) groups is 1. The largest absolute Gasteiger partial charge is 0.507 e. The molecule has 21 heavy (non-hydrogen) atoms. The van der Waals surface area contributed by atoms with Crippen LogP contribution in [0, 0.1) is 10.1 Å². The number of phenols is 1. The average molecular weight is 287 g/mol. The minimum absolute atomic E-state index is 0.00823. The molecule has 6 heteroatoms. The van der Waals surface area contributed by atoms with Crippen molar-refractivity contribution in [3.05, 3.63) is 58.1 Å². The van der Waals surface area contributed by atoms with Gasteiger partial charge in [0.05, 0.1) is 11.5 Å². The SMILES string of the molecule is CCOC(=O)c1ccc(-c2ccc([N+](=O)[O-])cc2)cc1O. The lowest BCUT2D eigenvalue weighted by Gasteiger charge is -2.07. The van der Waals surface area contributed by atoms with Crippen molar-refractivity contribution in [2.75, 3.05) is 6.61 Å². The Balaban J connectivity index is 2.31. The smallest absolute Gasteiger partial charge is 0.341 e. The van der Waals surface area contributed by atoms with Crippen LogP contribution in [0.4, 0.5) is 5.69 Å². The summed E-state index contributed by atoms with van der Waals surface area (Å²) in [6, 6.07) is 10.5. The molecule has 6 nitrogen and oxygen atoms in total. The van der Waals surface area contributed by atoms with E-state index in [1.165, 1.54) is 24.3 Å². The van der Waals surface area contributed by atoms with Crippen LogP contribution < -0.4 is 0 Å². The monoisotopic (exact) mass is 287 g/mol. The number of carbonyl (C=O) groups excluding carboxylic acids is 1. The molecule has 2 rings (SSSR count).